The molecule has 1 atom stereocenters. The second-order valence-electron chi connectivity index (χ2n) is 4.92. The van der Waals surface area contributed by atoms with Crippen LogP contribution in [0.5, 0.6) is 0 Å². The number of rotatable bonds is 7. The first-order chi connectivity index (χ1) is 9.45. The molecule has 0 aromatic heterocycles. The van der Waals surface area contributed by atoms with Crippen molar-refractivity contribution in [1.29, 1.82) is 0 Å². The fourth-order valence-corrected chi connectivity index (χ4v) is 1.75. The lowest BCUT2D eigenvalue weighted by Gasteiger charge is -2.14. The number of nitrogens with one attached hydrogen (secondary N) is 1. The zero-order valence-corrected chi connectivity index (χ0v) is 12.1. The Labute approximate surface area is 118 Å². The van der Waals surface area contributed by atoms with Gasteiger partial charge in [0.05, 0.1) is 0 Å². The van der Waals surface area contributed by atoms with Gasteiger partial charge in [0, 0.05) is 25.7 Å². The van der Waals surface area contributed by atoms with Gasteiger partial charge in [-0.3, -0.25) is 4.79 Å². The SMILES string of the molecule is COCCC(NC(=O)c1ccc(C(C)C)cc1)C(=O)O. The van der Waals surface area contributed by atoms with Gasteiger partial charge in [0.2, 0.25) is 0 Å². The third-order valence-corrected chi connectivity index (χ3v) is 3.05. The van der Waals surface area contributed by atoms with Gasteiger partial charge in [-0.1, -0.05) is 26.0 Å². The highest BCUT2D eigenvalue weighted by molar-refractivity contribution is 5.96. The fraction of sp³-hybridized carbons (Fsp3) is 0.467. The summed E-state index contributed by atoms with van der Waals surface area (Å²) >= 11 is 0. The van der Waals surface area contributed by atoms with E-state index < -0.39 is 12.0 Å². The minimum Gasteiger partial charge on any atom is -0.480 e. The van der Waals surface area contributed by atoms with Crippen molar-refractivity contribution in [3.63, 3.8) is 0 Å². The van der Waals surface area contributed by atoms with E-state index in [1.54, 1.807) is 12.1 Å². The topological polar surface area (TPSA) is 75.6 Å². The first kappa shape index (κ1) is 16.2. The van der Waals surface area contributed by atoms with Crippen LogP contribution >= 0.6 is 0 Å². The molecule has 1 amide bonds. The van der Waals surface area contributed by atoms with Gasteiger partial charge in [0.1, 0.15) is 6.04 Å². The minimum absolute atomic E-state index is 0.238. The Morgan fingerprint density at radius 3 is 2.30 bits per heavy atom. The molecule has 0 aliphatic carbocycles. The number of ether oxygens (including phenoxy) is 1. The van der Waals surface area contributed by atoms with Crippen LogP contribution in [0.4, 0.5) is 0 Å². The van der Waals surface area contributed by atoms with E-state index in [0.717, 1.165) is 5.56 Å². The molecule has 0 radical (unpaired) electrons. The van der Waals surface area contributed by atoms with Crippen molar-refractivity contribution in [3.05, 3.63) is 35.4 Å². The Kier molecular flexibility index (Phi) is 6.18. The van der Waals surface area contributed by atoms with Gasteiger partial charge < -0.3 is 15.2 Å². The molecule has 1 aromatic rings. The standard InChI is InChI=1S/C15H21NO4/c1-10(2)11-4-6-12(7-5-11)14(17)16-13(15(18)19)8-9-20-3/h4-7,10,13H,8-9H2,1-3H3,(H,16,17)(H,18,19). The molecule has 2 N–H and O–H groups in total. The van der Waals surface area contributed by atoms with Gasteiger partial charge in [0.25, 0.3) is 5.91 Å². The number of carboxylic acids is 1. The van der Waals surface area contributed by atoms with Crippen LogP contribution in [0.15, 0.2) is 24.3 Å². The van der Waals surface area contributed by atoms with Crippen LogP contribution in [0.3, 0.4) is 0 Å². The van der Waals surface area contributed by atoms with Gasteiger partial charge in [-0.15, -0.1) is 0 Å². The highest BCUT2D eigenvalue weighted by atomic mass is 16.5. The summed E-state index contributed by atoms with van der Waals surface area (Å²) < 4.78 is 4.84. The Morgan fingerprint density at radius 1 is 1.25 bits per heavy atom. The van der Waals surface area contributed by atoms with Gasteiger partial charge in [0.15, 0.2) is 0 Å². The highest BCUT2D eigenvalue weighted by Gasteiger charge is 2.20. The summed E-state index contributed by atoms with van der Waals surface area (Å²) in [4.78, 5) is 23.0. The summed E-state index contributed by atoms with van der Waals surface area (Å²) in [6, 6.07) is 6.24. The number of carbonyl (C=O) groups is 2. The number of benzene rings is 1. The molecule has 0 spiro atoms. The van der Waals surface area contributed by atoms with Gasteiger partial charge >= 0.3 is 5.97 Å². The van der Waals surface area contributed by atoms with Crippen molar-refractivity contribution in [3.8, 4) is 0 Å². The lowest BCUT2D eigenvalue weighted by molar-refractivity contribution is -0.139. The molecule has 1 aromatic carbocycles. The Hall–Kier alpha value is -1.88. The minimum atomic E-state index is -1.06. The average molecular weight is 279 g/mol. The summed E-state index contributed by atoms with van der Waals surface area (Å²) in [5.74, 6) is -1.06. The van der Waals surface area contributed by atoms with Crippen molar-refractivity contribution < 1.29 is 19.4 Å². The van der Waals surface area contributed by atoms with Gasteiger partial charge in [-0.05, 0) is 23.6 Å². The second kappa shape index (κ2) is 7.65. The molecule has 0 heterocycles. The number of carbonyl (C=O) groups excluding carboxylic acids is 1. The predicted molar refractivity (Wildman–Crippen MR) is 75.9 cm³/mol. The first-order valence-electron chi connectivity index (χ1n) is 6.58. The molecular formula is C15H21NO4. The number of aliphatic carboxylic acids is 1. The van der Waals surface area contributed by atoms with Crippen molar-refractivity contribution in [1.82, 2.24) is 5.32 Å². The van der Waals surface area contributed by atoms with E-state index in [9.17, 15) is 9.59 Å². The lowest BCUT2D eigenvalue weighted by Crippen LogP contribution is -2.41. The average Bonchev–Trinajstić information content (AvgIpc) is 2.42. The van der Waals surface area contributed by atoms with Crippen molar-refractivity contribution in [2.45, 2.75) is 32.2 Å². The monoisotopic (exact) mass is 279 g/mol. The largest absolute Gasteiger partial charge is 0.480 e. The van der Waals surface area contributed by atoms with Crippen LogP contribution in [-0.2, 0) is 9.53 Å². The summed E-state index contributed by atoms with van der Waals surface area (Å²) in [6.45, 7) is 4.42. The number of hydrogen-bond acceptors (Lipinski definition) is 3. The van der Waals surface area contributed by atoms with Crippen molar-refractivity contribution in [2.24, 2.45) is 0 Å². The maximum absolute atomic E-state index is 12.0. The summed E-state index contributed by atoms with van der Waals surface area (Å²) in [5.41, 5.74) is 1.59. The van der Waals surface area contributed by atoms with Crippen LogP contribution in [0.1, 0.15) is 42.1 Å². The van der Waals surface area contributed by atoms with E-state index in [-0.39, 0.29) is 18.9 Å². The van der Waals surface area contributed by atoms with Crippen LogP contribution in [0, 0.1) is 0 Å². The molecule has 0 aliphatic heterocycles. The predicted octanol–water partition coefficient (Wildman–Crippen LogP) is 2.03. The smallest absolute Gasteiger partial charge is 0.326 e. The Balaban J connectivity index is 2.70. The van der Waals surface area contributed by atoms with Crippen LogP contribution < -0.4 is 5.32 Å². The number of carboxylic acid groups (broad SMARTS) is 1. The molecule has 1 rings (SSSR count). The van der Waals surface area contributed by atoms with E-state index in [0.29, 0.717) is 11.5 Å². The molecule has 1 unspecified atom stereocenters. The van der Waals surface area contributed by atoms with E-state index >= 15 is 0 Å². The molecule has 0 saturated carbocycles. The molecule has 0 fully saturated rings. The normalized spacial score (nSPS) is 12.2. The maximum Gasteiger partial charge on any atom is 0.326 e. The third-order valence-electron chi connectivity index (χ3n) is 3.05. The molecule has 110 valence electrons. The summed E-state index contributed by atoms with van der Waals surface area (Å²) in [6.07, 6.45) is 0.238. The molecule has 5 nitrogen and oxygen atoms in total. The molecule has 0 saturated heterocycles. The molecule has 20 heavy (non-hydrogen) atoms. The molecule has 0 bridgehead atoms. The van der Waals surface area contributed by atoms with Gasteiger partial charge in [-0.2, -0.15) is 0 Å². The van der Waals surface area contributed by atoms with E-state index in [1.165, 1.54) is 7.11 Å². The molecular weight excluding hydrogens is 258 g/mol. The zero-order valence-electron chi connectivity index (χ0n) is 12.1. The number of methoxy groups -OCH3 is 1. The van der Waals surface area contributed by atoms with E-state index in [4.69, 9.17) is 9.84 Å². The third kappa shape index (κ3) is 4.66. The van der Waals surface area contributed by atoms with Crippen LogP contribution in [0.2, 0.25) is 0 Å². The zero-order chi connectivity index (χ0) is 15.1. The van der Waals surface area contributed by atoms with Gasteiger partial charge in [-0.25, -0.2) is 4.79 Å². The number of hydrogen-bond donors (Lipinski definition) is 2. The molecule has 5 heteroatoms. The van der Waals surface area contributed by atoms with Crippen molar-refractivity contribution in [2.75, 3.05) is 13.7 Å². The Morgan fingerprint density at radius 2 is 1.85 bits per heavy atom. The van der Waals surface area contributed by atoms with Crippen LogP contribution in [-0.4, -0.2) is 36.7 Å². The molecule has 0 aliphatic rings. The quantitative estimate of drug-likeness (QED) is 0.800. The Bertz CT molecular complexity index is 453. The summed E-state index contributed by atoms with van der Waals surface area (Å²) in [5, 5.41) is 11.5. The maximum atomic E-state index is 12.0. The number of amides is 1. The van der Waals surface area contributed by atoms with E-state index in [2.05, 4.69) is 19.2 Å². The lowest BCUT2D eigenvalue weighted by atomic mass is 10.0. The summed E-state index contributed by atoms with van der Waals surface area (Å²) in [7, 11) is 1.49. The second-order valence-corrected chi connectivity index (χ2v) is 4.92. The van der Waals surface area contributed by atoms with Crippen molar-refractivity contribution >= 4 is 11.9 Å². The highest BCUT2D eigenvalue weighted by Crippen LogP contribution is 2.14. The van der Waals surface area contributed by atoms with E-state index in [1.807, 2.05) is 12.1 Å². The van der Waals surface area contributed by atoms with Crippen LogP contribution in [0.25, 0.3) is 0 Å². The first-order valence-corrected chi connectivity index (χ1v) is 6.58. The fourth-order valence-electron chi connectivity index (χ4n) is 1.75.